The average Bonchev–Trinajstić information content (AvgIpc) is 3.19. The smallest absolute Gasteiger partial charge is 0.193 e. The third-order valence-electron chi connectivity index (χ3n) is 4.38. The molecule has 1 aromatic carbocycles. The largest absolute Gasteiger partial charge is 0.468 e. The summed E-state index contributed by atoms with van der Waals surface area (Å²) in [5.41, 5.74) is 9.48. The molecule has 1 unspecified atom stereocenters. The third-order valence-corrected chi connectivity index (χ3v) is 4.38. The Balaban J connectivity index is 0.00000225. The van der Waals surface area contributed by atoms with Crippen molar-refractivity contribution in [3.63, 3.8) is 0 Å². The predicted molar refractivity (Wildman–Crippen MR) is 114 cm³/mol. The Bertz CT molecular complexity index is 673. The molecule has 3 N–H and O–H groups in total. The van der Waals surface area contributed by atoms with E-state index < -0.39 is 0 Å². The number of aliphatic imine (C=N–C) groups is 1. The Hall–Kier alpha value is -1.54. The second-order valence-corrected chi connectivity index (χ2v) is 6.50. The van der Waals surface area contributed by atoms with Crippen molar-refractivity contribution in [3.05, 3.63) is 53.5 Å². The number of nitrogens with two attached hydrogens (primary N) is 1. The van der Waals surface area contributed by atoms with E-state index >= 15 is 0 Å². The molecule has 0 saturated carbocycles. The van der Waals surface area contributed by atoms with Crippen molar-refractivity contribution in [2.45, 2.75) is 32.7 Å². The quantitative estimate of drug-likeness (QED) is 0.406. The van der Waals surface area contributed by atoms with Crippen LogP contribution in [0.25, 0.3) is 0 Å². The summed E-state index contributed by atoms with van der Waals surface area (Å²) < 4.78 is 5.62. The molecule has 3 rings (SSSR count). The van der Waals surface area contributed by atoms with Gasteiger partial charge in [-0.25, -0.2) is 0 Å². The summed E-state index contributed by atoms with van der Waals surface area (Å²) in [4.78, 5) is 6.98. The summed E-state index contributed by atoms with van der Waals surface area (Å²) >= 11 is 0. The van der Waals surface area contributed by atoms with Gasteiger partial charge in [-0.05, 0) is 75.2 Å². The number of furan rings is 1. The number of aryl methyl sites for hydroxylation is 2. The van der Waals surface area contributed by atoms with Crippen LogP contribution in [0.1, 0.15) is 35.8 Å². The van der Waals surface area contributed by atoms with Crippen molar-refractivity contribution >= 4 is 35.6 Å². The van der Waals surface area contributed by atoms with Gasteiger partial charge in [0.05, 0.1) is 18.8 Å². The summed E-state index contributed by atoms with van der Waals surface area (Å²) in [6.07, 6.45) is 4.19. The molecule has 1 fully saturated rings. The fourth-order valence-corrected chi connectivity index (χ4v) is 3.34. The van der Waals surface area contributed by atoms with Crippen LogP contribution in [0.3, 0.4) is 0 Å². The van der Waals surface area contributed by atoms with Gasteiger partial charge in [-0.15, -0.1) is 24.0 Å². The molecule has 136 valence electrons. The van der Waals surface area contributed by atoms with Crippen molar-refractivity contribution in [2.75, 3.05) is 25.0 Å². The molecule has 1 aliphatic rings. The van der Waals surface area contributed by atoms with Crippen LogP contribution < -0.4 is 11.1 Å². The van der Waals surface area contributed by atoms with E-state index in [1.54, 1.807) is 6.26 Å². The molecule has 0 bridgehead atoms. The van der Waals surface area contributed by atoms with Crippen LogP contribution in [0.4, 0.5) is 5.69 Å². The molecule has 0 radical (unpaired) electrons. The Morgan fingerprint density at radius 3 is 2.52 bits per heavy atom. The molecular weight excluding hydrogens is 427 g/mol. The lowest BCUT2D eigenvalue weighted by Gasteiger charge is -2.24. The number of anilines is 1. The highest BCUT2D eigenvalue weighted by atomic mass is 127. The van der Waals surface area contributed by atoms with Gasteiger partial charge in [-0.2, -0.15) is 0 Å². The zero-order chi connectivity index (χ0) is 16.9. The minimum atomic E-state index is 0. The summed E-state index contributed by atoms with van der Waals surface area (Å²) in [6.45, 7) is 6.92. The van der Waals surface area contributed by atoms with Crippen LogP contribution in [0.2, 0.25) is 0 Å². The van der Waals surface area contributed by atoms with Gasteiger partial charge < -0.3 is 15.5 Å². The van der Waals surface area contributed by atoms with Gasteiger partial charge in [-0.1, -0.05) is 6.07 Å². The van der Waals surface area contributed by atoms with Crippen molar-refractivity contribution in [1.82, 2.24) is 4.90 Å². The van der Waals surface area contributed by atoms with E-state index in [0.717, 1.165) is 24.5 Å². The molecule has 6 heteroatoms. The Kier molecular flexibility index (Phi) is 7.31. The molecule has 1 aliphatic heterocycles. The summed E-state index contributed by atoms with van der Waals surface area (Å²) in [7, 11) is 0. The fourth-order valence-electron chi connectivity index (χ4n) is 3.34. The van der Waals surface area contributed by atoms with E-state index in [1.165, 1.54) is 24.0 Å². The zero-order valence-electron chi connectivity index (χ0n) is 14.9. The van der Waals surface area contributed by atoms with E-state index in [1.807, 2.05) is 12.1 Å². The van der Waals surface area contributed by atoms with Gasteiger partial charge in [0, 0.05) is 5.69 Å². The van der Waals surface area contributed by atoms with Gasteiger partial charge in [-0.3, -0.25) is 9.89 Å². The van der Waals surface area contributed by atoms with Crippen LogP contribution in [0.5, 0.6) is 0 Å². The lowest BCUT2D eigenvalue weighted by Crippen LogP contribution is -2.30. The molecule has 2 heterocycles. The van der Waals surface area contributed by atoms with Gasteiger partial charge in [0.1, 0.15) is 5.76 Å². The number of hydrogen-bond donors (Lipinski definition) is 2. The van der Waals surface area contributed by atoms with Gasteiger partial charge >= 0.3 is 0 Å². The third kappa shape index (κ3) is 5.47. The molecular formula is C19H27IN4O. The van der Waals surface area contributed by atoms with Gasteiger partial charge in [0.2, 0.25) is 0 Å². The molecule has 1 saturated heterocycles. The van der Waals surface area contributed by atoms with E-state index in [4.69, 9.17) is 10.2 Å². The molecule has 1 aromatic heterocycles. The van der Waals surface area contributed by atoms with Crippen LogP contribution in [0.15, 0.2) is 46.0 Å². The molecule has 25 heavy (non-hydrogen) atoms. The minimum absolute atomic E-state index is 0. The molecule has 0 amide bonds. The first-order chi connectivity index (χ1) is 11.6. The second kappa shape index (κ2) is 9.24. The average molecular weight is 454 g/mol. The van der Waals surface area contributed by atoms with Gasteiger partial charge in [0.15, 0.2) is 5.96 Å². The SMILES string of the molecule is Cc1cc(C)cc(NC(N)=NCC(c2ccco2)N2CCCC2)c1.I. The second-order valence-electron chi connectivity index (χ2n) is 6.50. The van der Waals surface area contributed by atoms with Crippen molar-refractivity contribution in [2.24, 2.45) is 10.7 Å². The normalized spacial score (nSPS) is 16.5. The number of benzene rings is 1. The number of guanidine groups is 1. The Morgan fingerprint density at radius 2 is 1.92 bits per heavy atom. The number of likely N-dealkylation sites (tertiary alicyclic amines) is 1. The maximum Gasteiger partial charge on any atom is 0.193 e. The monoisotopic (exact) mass is 454 g/mol. The number of hydrogen-bond acceptors (Lipinski definition) is 3. The minimum Gasteiger partial charge on any atom is -0.468 e. The maximum atomic E-state index is 6.10. The Morgan fingerprint density at radius 1 is 1.24 bits per heavy atom. The number of rotatable bonds is 5. The van der Waals surface area contributed by atoms with Crippen LogP contribution >= 0.6 is 24.0 Å². The van der Waals surface area contributed by atoms with Crippen molar-refractivity contribution < 1.29 is 4.42 Å². The first-order valence-corrected chi connectivity index (χ1v) is 8.54. The summed E-state index contributed by atoms with van der Waals surface area (Å²) in [6, 6.07) is 10.4. The molecule has 0 aliphatic carbocycles. The molecule has 0 spiro atoms. The standard InChI is InChI=1S/C19H26N4O.HI/c1-14-10-15(2)12-16(11-14)22-19(20)21-13-17(18-6-5-9-24-18)23-7-3-4-8-23;/h5-6,9-12,17H,3-4,7-8,13H2,1-2H3,(H3,20,21,22);1H. The molecule has 2 aromatic rings. The lowest BCUT2D eigenvalue weighted by atomic mass is 10.1. The molecule has 5 nitrogen and oxygen atoms in total. The predicted octanol–water partition coefficient (Wildman–Crippen LogP) is 4.08. The van der Waals surface area contributed by atoms with E-state index in [-0.39, 0.29) is 30.0 Å². The van der Waals surface area contributed by atoms with Crippen LogP contribution in [0, 0.1) is 13.8 Å². The highest BCUT2D eigenvalue weighted by Gasteiger charge is 2.25. The highest BCUT2D eigenvalue weighted by Crippen LogP contribution is 2.25. The van der Waals surface area contributed by atoms with E-state index in [9.17, 15) is 0 Å². The highest BCUT2D eigenvalue weighted by molar-refractivity contribution is 14.0. The summed E-state index contributed by atoms with van der Waals surface area (Å²) in [5.74, 6) is 1.40. The lowest BCUT2D eigenvalue weighted by molar-refractivity contribution is 0.221. The number of nitrogens with one attached hydrogen (secondary N) is 1. The zero-order valence-corrected chi connectivity index (χ0v) is 17.2. The van der Waals surface area contributed by atoms with E-state index in [0.29, 0.717) is 12.5 Å². The number of nitrogens with zero attached hydrogens (tertiary/aromatic N) is 2. The van der Waals surface area contributed by atoms with E-state index in [2.05, 4.69) is 47.3 Å². The topological polar surface area (TPSA) is 66.8 Å². The first kappa shape index (κ1) is 19.8. The van der Waals surface area contributed by atoms with Crippen LogP contribution in [-0.4, -0.2) is 30.5 Å². The van der Waals surface area contributed by atoms with Gasteiger partial charge in [0.25, 0.3) is 0 Å². The number of halogens is 1. The first-order valence-electron chi connectivity index (χ1n) is 8.54. The van der Waals surface area contributed by atoms with Crippen LogP contribution in [-0.2, 0) is 0 Å². The van der Waals surface area contributed by atoms with Crippen molar-refractivity contribution in [1.29, 1.82) is 0 Å². The fraction of sp³-hybridized carbons (Fsp3) is 0.421. The molecule has 1 atom stereocenters. The maximum absolute atomic E-state index is 6.10. The summed E-state index contributed by atoms with van der Waals surface area (Å²) in [5, 5.41) is 3.19. The van der Waals surface area contributed by atoms with Crippen molar-refractivity contribution in [3.8, 4) is 0 Å². The Labute approximate surface area is 166 Å².